The van der Waals surface area contributed by atoms with Gasteiger partial charge in [-0.2, -0.15) is 5.10 Å². The van der Waals surface area contributed by atoms with Gasteiger partial charge in [-0.15, -0.1) is 0 Å². The molecule has 0 atom stereocenters. The second-order valence-electron chi connectivity index (χ2n) is 5.93. The summed E-state index contributed by atoms with van der Waals surface area (Å²) < 4.78 is 1.41. The molecule has 0 spiro atoms. The average Bonchev–Trinajstić information content (AvgIpc) is 2.66. The monoisotopic (exact) mass is 397 g/mol. The van der Waals surface area contributed by atoms with Crippen LogP contribution in [0.2, 0.25) is 5.02 Å². The van der Waals surface area contributed by atoms with Crippen molar-refractivity contribution in [2.75, 3.05) is 0 Å². The van der Waals surface area contributed by atoms with Gasteiger partial charge in [-0.25, -0.2) is 5.43 Å². The number of nitrogens with zero attached hydrogens (tertiary/aromatic N) is 2. The molecule has 3 aromatic rings. The first kappa shape index (κ1) is 19.2. The van der Waals surface area contributed by atoms with Crippen LogP contribution in [-0.2, 0) is 6.54 Å². The topological polar surface area (TPSA) is 104 Å². The first-order valence-corrected chi connectivity index (χ1v) is 8.61. The van der Waals surface area contributed by atoms with Crippen LogP contribution in [0, 0.1) is 0 Å². The van der Waals surface area contributed by atoms with Gasteiger partial charge in [-0.3, -0.25) is 9.59 Å². The highest BCUT2D eigenvalue weighted by Gasteiger charge is 2.11. The predicted molar refractivity (Wildman–Crippen MR) is 106 cm³/mol. The maximum atomic E-state index is 12.6. The van der Waals surface area contributed by atoms with Crippen LogP contribution in [0.3, 0.4) is 0 Å². The van der Waals surface area contributed by atoms with Crippen LogP contribution in [0.4, 0.5) is 0 Å². The number of rotatable bonds is 5. The molecule has 28 heavy (non-hydrogen) atoms. The Morgan fingerprint density at radius 2 is 1.93 bits per heavy atom. The fourth-order valence-electron chi connectivity index (χ4n) is 2.51. The molecule has 1 aromatic heterocycles. The summed E-state index contributed by atoms with van der Waals surface area (Å²) in [7, 11) is 0. The van der Waals surface area contributed by atoms with Crippen molar-refractivity contribution in [3.63, 3.8) is 0 Å². The fraction of sp³-hybridized carbons (Fsp3) is 0.0500. The summed E-state index contributed by atoms with van der Waals surface area (Å²) >= 11 is 5.96. The van der Waals surface area contributed by atoms with Crippen molar-refractivity contribution in [2.45, 2.75) is 6.54 Å². The summed E-state index contributed by atoms with van der Waals surface area (Å²) in [5.74, 6) is -1.22. The van der Waals surface area contributed by atoms with E-state index in [0.29, 0.717) is 10.6 Å². The van der Waals surface area contributed by atoms with Crippen LogP contribution >= 0.6 is 11.6 Å². The van der Waals surface area contributed by atoms with Gasteiger partial charge in [0.15, 0.2) is 11.5 Å². The molecule has 0 aliphatic heterocycles. The van der Waals surface area contributed by atoms with Crippen LogP contribution in [0.25, 0.3) is 0 Å². The summed E-state index contributed by atoms with van der Waals surface area (Å²) in [6.07, 6.45) is 2.87. The normalized spacial score (nSPS) is 10.9. The van der Waals surface area contributed by atoms with E-state index in [0.717, 1.165) is 5.56 Å². The Labute approximate surface area is 165 Å². The van der Waals surface area contributed by atoms with E-state index in [-0.39, 0.29) is 23.6 Å². The number of carbonyl (C=O) groups is 1. The molecule has 142 valence electrons. The molecule has 0 aliphatic rings. The third-order valence-corrected chi connectivity index (χ3v) is 4.12. The number of nitrogens with one attached hydrogen (secondary N) is 1. The first-order valence-electron chi connectivity index (χ1n) is 8.23. The lowest BCUT2D eigenvalue weighted by molar-refractivity contribution is 0.0953. The van der Waals surface area contributed by atoms with Crippen molar-refractivity contribution in [3.8, 4) is 11.5 Å². The van der Waals surface area contributed by atoms with E-state index in [9.17, 15) is 19.8 Å². The molecule has 0 bridgehead atoms. The Balaban J connectivity index is 1.74. The molecule has 0 fully saturated rings. The number of benzene rings is 2. The van der Waals surface area contributed by atoms with Gasteiger partial charge in [0.05, 0.1) is 12.8 Å². The van der Waals surface area contributed by atoms with Gasteiger partial charge in [0.1, 0.15) is 5.56 Å². The van der Waals surface area contributed by atoms with Gasteiger partial charge in [-0.1, -0.05) is 23.7 Å². The van der Waals surface area contributed by atoms with Crippen LogP contribution in [0.5, 0.6) is 11.5 Å². The predicted octanol–water partition coefficient (Wildman–Crippen LogP) is 2.73. The SMILES string of the molecule is O=C(N/N=C\c1ccc(O)c(O)c1)c1cccn(Cc2cccc(Cl)c2)c1=O. The maximum Gasteiger partial charge on any atom is 0.276 e. The number of hydrogen-bond acceptors (Lipinski definition) is 5. The molecule has 1 heterocycles. The van der Waals surface area contributed by atoms with Crippen LogP contribution in [0.15, 0.2) is 70.7 Å². The molecule has 7 nitrogen and oxygen atoms in total. The van der Waals surface area contributed by atoms with E-state index in [4.69, 9.17) is 11.6 Å². The summed E-state index contributed by atoms with van der Waals surface area (Å²) in [6, 6.07) is 14.2. The number of carbonyl (C=O) groups excluding carboxylic acids is 1. The van der Waals surface area contributed by atoms with E-state index in [1.54, 1.807) is 30.5 Å². The van der Waals surface area contributed by atoms with Crippen molar-refractivity contribution < 1.29 is 15.0 Å². The number of halogens is 1. The van der Waals surface area contributed by atoms with E-state index in [1.807, 2.05) is 6.07 Å². The number of aromatic hydroxyl groups is 2. The van der Waals surface area contributed by atoms with Crippen molar-refractivity contribution >= 4 is 23.7 Å². The molecule has 0 saturated carbocycles. The standard InChI is InChI=1S/C20H16ClN3O4/c21-15-4-1-3-14(9-15)12-24-8-2-5-16(20(24)28)19(27)23-22-11-13-6-7-17(25)18(26)10-13/h1-11,25-26H,12H2,(H,23,27)/b22-11-. The minimum atomic E-state index is -0.662. The summed E-state index contributed by atoms with van der Waals surface area (Å²) in [5, 5.41) is 23.1. The Hall–Kier alpha value is -3.58. The number of phenolic OH excluding ortho intramolecular Hbond substituents is 2. The highest BCUT2D eigenvalue weighted by Crippen LogP contribution is 2.23. The van der Waals surface area contributed by atoms with Gasteiger partial charge in [0, 0.05) is 11.2 Å². The van der Waals surface area contributed by atoms with Crippen molar-refractivity contribution in [1.29, 1.82) is 0 Å². The third kappa shape index (κ3) is 4.57. The zero-order valence-corrected chi connectivity index (χ0v) is 15.3. The zero-order valence-electron chi connectivity index (χ0n) is 14.5. The third-order valence-electron chi connectivity index (χ3n) is 3.89. The molecule has 3 N–H and O–H groups in total. The summed E-state index contributed by atoms with van der Waals surface area (Å²) in [4.78, 5) is 24.9. The van der Waals surface area contributed by atoms with Crippen LogP contribution in [-0.4, -0.2) is 26.9 Å². The molecule has 0 radical (unpaired) electrons. The molecule has 3 rings (SSSR count). The number of hydrazone groups is 1. The first-order chi connectivity index (χ1) is 13.4. The van der Waals surface area contributed by atoms with Crippen LogP contribution in [0.1, 0.15) is 21.5 Å². The lowest BCUT2D eigenvalue weighted by Gasteiger charge is -2.08. The zero-order chi connectivity index (χ0) is 20.1. The minimum absolute atomic E-state index is 0.0600. The summed E-state index contributed by atoms with van der Waals surface area (Å²) in [5.41, 5.74) is 3.04. The van der Waals surface area contributed by atoms with E-state index >= 15 is 0 Å². The summed E-state index contributed by atoms with van der Waals surface area (Å²) in [6.45, 7) is 0.274. The maximum absolute atomic E-state index is 12.6. The number of amides is 1. The van der Waals surface area contributed by atoms with E-state index < -0.39 is 11.5 Å². The lowest BCUT2D eigenvalue weighted by Crippen LogP contribution is -2.30. The molecule has 2 aromatic carbocycles. The van der Waals surface area contributed by atoms with Gasteiger partial charge in [0.25, 0.3) is 11.5 Å². The number of aromatic nitrogens is 1. The molecule has 0 saturated heterocycles. The second kappa shape index (κ2) is 8.41. The van der Waals surface area contributed by atoms with Gasteiger partial charge in [-0.05, 0) is 53.6 Å². The molecule has 1 amide bonds. The molecule has 0 aliphatic carbocycles. The fourth-order valence-corrected chi connectivity index (χ4v) is 2.73. The van der Waals surface area contributed by atoms with E-state index in [1.165, 1.54) is 35.0 Å². The minimum Gasteiger partial charge on any atom is -0.504 e. The van der Waals surface area contributed by atoms with Crippen molar-refractivity contribution in [3.05, 3.63) is 92.9 Å². The van der Waals surface area contributed by atoms with Crippen molar-refractivity contribution in [1.82, 2.24) is 9.99 Å². The molecule has 0 unspecified atom stereocenters. The molecule has 8 heteroatoms. The second-order valence-corrected chi connectivity index (χ2v) is 6.37. The number of phenols is 2. The largest absolute Gasteiger partial charge is 0.504 e. The van der Waals surface area contributed by atoms with Gasteiger partial charge < -0.3 is 14.8 Å². The number of pyridine rings is 1. The van der Waals surface area contributed by atoms with Crippen LogP contribution < -0.4 is 11.0 Å². The average molecular weight is 398 g/mol. The van der Waals surface area contributed by atoms with E-state index in [2.05, 4.69) is 10.5 Å². The smallest absolute Gasteiger partial charge is 0.276 e. The highest BCUT2D eigenvalue weighted by molar-refractivity contribution is 6.30. The van der Waals surface area contributed by atoms with Crippen molar-refractivity contribution in [2.24, 2.45) is 5.10 Å². The van der Waals surface area contributed by atoms with Gasteiger partial charge in [0.2, 0.25) is 0 Å². The number of hydrogen-bond donors (Lipinski definition) is 3. The lowest BCUT2D eigenvalue weighted by atomic mass is 10.2. The highest BCUT2D eigenvalue weighted by atomic mass is 35.5. The Bertz CT molecular complexity index is 1110. The molecular weight excluding hydrogens is 382 g/mol. The Morgan fingerprint density at radius 1 is 1.11 bits per heavy atom. The molecular formula is C20H16ClN3O4. The Morgan fingerprint density at radius 3 is 2.68 bits per heavy atom. The van der Waals surface area contributed by atoms with Gasteiger partial charge >= 0.3 is 0 Å². The Kier molecular flexibility index (Phi) is 5.76. The quantitative estimate of drug-likeness (QED) is 0.350.